The summed E-state index contributed by atoms with van der Waals surface area (Å²) >= 11 is 0. The predicted molar refractivity (Wildman–Crippen MR) is 117 cm³/mol. The van der Waals surface area contributed by atoms with Crippen molar-refractivity contribution in [1.82, 2.24) is 0 Å². The minimum Gasteiger partial charge on any atom is -0.491 e. The van der Waals surface area contributed by atoms with Gasteiger partial charge in [0.05, 0.1) is 6.61 Å². The van der Waals surface area contributed by atoms with E-state index in [1.54, 1.807) is 6.92 Å². The molecule has 0 radical (unpaired) electrons. The first-order valence-corrected chi connectivity index (χ1v) is 11.2. The van der Waals surface area contributed by atoms with Crippen LogP contribution in [0.3, 0.4) is 0 Å². The summed E-state index contributed by atoms with van der Waals surface area (Å²) in [6.45, 7) is 1.08. The van der Waals surface area contributed by atoms with E-state index >= 15 is 0 Å². The molecule has 0 atom stereocenters. The molecule has 0 N–H and O–H groups in total. The zero-order valence-electron chi connectivity index (χ0n) is 18.4. The molecule has 2 nitrogen and oxygen atoms in total. The normalized spacial score (nSPS) is 19.1. The fourth-order valence-corrected chi connectivity index (χ4v) is 4.25. The molecule has 0 aromatic heterocycles. The van der Waals surface area contributed by atoms with Gasteiger partial charge in [0.15, 0.2) is 11.5 Å². The third kappa shape index (κ3) is 6.50. The number of ether oxygens (including phenoxy) is 2. The molecule has 0 aliphatic heterocycles. The highest BCUT2D eigenvalue weighted by atomic mass is 19.2. The molecule has 0 unspecified atom stereocenters. The van der Waals surface area contributed by atoms with E-state index in [1.165, 1.54) is 23.8 Å². The number of alkyl halides is 1. The molecule has 0 heterocycles. The second kappa shape index (κ2) is 11.9. The lowest BCUT2D eigenvalue weighted by atomic mass is 9.77. The van der Waals surface area contributed by atoms with Gasteiger partial charge in [-0.2, -0.15) is 8.78 Å². The van der Waals surface area contributed by atoms with E-state index in [1.807, 2.05) is 12.1 Å². The molecule has 0 bridgehead atoms. The van der Waals surface area contributed by atoms with Gasteiger partial charge in [0.25, 0.3) is 0 Å². The third-order valence-corrected chi connectivity index (χ3v) is 6.07. The van der Waals surface area contributed by atoms with Crippen molar-refractivity contribution >= 4 is 0 Å². The Morgan fingerprint density at radius 2 is 1.56 bits per heavy atom. The molecule has 2 aromatic rings. The molecular weight excluding hydrogens is 420 g/mol. The molecule has 1 aliphatic rings. The highest BCUT2D eigenvalue weighted by molar-refractivity contribution is 5.35. The van der Waals surface area contributed by atoms with Crippen molar-refractivity contribution in [3.8, 4) is 11.5 Å². The van der Waals surface area contributed by atoms with Crippen LogP contribution in [0.4, 0.5) is 17.6 Å². The lowest BCUT2D eigenvalue weighted by Crippen LogP contribution is -2.13. The lowest BCUT2D eigenvalue weighted by Gasteiger charge is -2.28. The first-order valence-electron chi connectivity index (χ1n) is 11.2. The molecule has 0 spiro atoms. The smallest absolute Gasteiger partial charge is 0.204 e. The van der Waals surface area contributed by atoms with Crippen molar-refractivity contribution in [2.75, 3.05) is 13.3 Å². The van der Waals surface area contributed by atoms with E-state index < -0.39 is 24.1 Å². The molecule has 1 saturated carbocycles. The van der Waals surface area contributed by atoms with Gasteiger partial charge in [0.1, 0.15) is 19.1 Å². The summed E-state index contributed by atoms with van der Waals surface area (Å²) in [6.07, 6.45) is 7.18. The van der Waals surface area contributed by atoms with Crippen LogP contribution >= 0.6 is 0 Å². The number of benzene rings is 2. The number of halogens is 4. The van der Waals surface area contributed by atoms with Gasteiger partial charge >= 0.3 is 0 Å². The second-order valence-electron chi connectivity index (χ2n) is 8.23. The van der Waals surface area contributed by atoms with Crippen LogP contribution in [0.5, 0.6) is 11.5 Å². The zero-order valence-corrected chi connectivity index (χ0v) is 18.4. The Labute approximate surface area is 187 Å². The summed E-state index contributed by atoms with van der Waals surface area (Å²) in [5.41, 5.74) is 2.13. The number of allylic oxidation sites excluding steroid dienone is 2. The van der Waals surface area contributed by atoms with E-state index in [0.29, 0.717) is 18.3 Å². The van der Waals surface area contributed by atoms with Gasteiger partial charge in [-0.1, -0.05) is 30.3 Å². The van der Waals surface area contributed by atoms with Gasteiger partial charge in [-0.25, -0.2) is 8.78 Å². The Hall–Kier alpha value is -2.50. The Kier molecular flexibility index (Phi) is 9.00. The van der Waals surface area contributed by atoms with E-state index in [-0.39, 0.29) is 24.7 Å². The summed E-state index contributed by atoms with van der Waals surface area (Å²) in [7, 11) is 0. The summed E-state index contributed by atoms with van der Waals surface area (Å²) in [5.74, 6) is -1.98. The summed E-state index contributed by atoms with van der Waals surface area (Å²) < 4.78 is 63.6. The van der Waals surface area contributed by atoms with Gasteiger partial charge in [-0.3, -0.25) is 0 Å². The number of hydrogen-bond donors (Lipinski definition) is 0. The summed E-state index contributed by atoms with van der Waals surface area (Å²) in [4.78, 5) is 0. The topological polar surface area (TPSA) is 18.5 Å². The van der Waals surface area contributed by atoms with Crippen molar-refractivity contribution in [1.29, 1.82) is 0 Å². The average molecular weight is 451 g/mol. The molecular formula is C26H30F4O2. The molecule has 32 heavy (non-hydrogen) atoms. The largest absolute Gasteiger partial charge is 0.491 e. The molecule has 6 heteroatoms. The van der Waals surface area contributed by atoms with Gasteiger partial charge in [0.2, 0.25) is 11.6 Å². The molecule has 3 rings (SSSR count). The maximum absolute atomic E-state index is 14.1. The summed E-state index contributed by atoms with van der Waals surface area (Å²) in [5, 5.41) is 0. The quantitative estimate of drug-likeness (QED) is 0.344. The maximum atomic E-state index is 14.1. The predicted octanol–water partition coefficient (Wildman–Crippen LogP) is 7.82. The molecule has 1 aliphatic carbocycles. The standard InChI is InChI=1S/C26H30F4O2/c1-2-31-23-14-15-24(26(30)25(23)29)32-17-19-8-12-21(13-9-19)20-10-6-18(7-11-20)4-3-5-22(28)16-27/h5,8-9,12-15,18,20H,2-4,6-7,10-11,16-17H2,1H3/b22-5-. The van der Waals surface area contributed by atoms with Crippen LogP contribution in [-0.4, -0.2) is 13.3 Å². The van der Waals surface area contributed by atoms with Crippen molar-refractivity contribution in [3.63, 3.8) is 0 Å². The van der Waals surface area contributed by atoms with E-state index in [9.17, 15) is 17.6 Å². The fourth-order valence-electron chi connectivity index (χ4n) is 4.25. The van der Waals surface area contributed by atoms with Crippen LogP contribution in [0.15, 0.2) is 48.3 Å². The van der Waals surface area contributed by atoms with Gasteiger partial charge < -0.3 is 9.47 Å². The van der Waals surface area contributed by atoms with Crippen LogP contribution in [0.2, 0.25) is 0 Å². The second-order valence-corrected chi connectivity index (χ2v) is 8.23. The van der Waals surface area contributed by atoms with E-state index in [2.05, 4.69) is 12.1 Å². The van der Waals surface area contributed by atoms with Crippen molar-refractivity contribution in [2.45, 2.75) is 58.0 Å². The van der Waals surface area contributed by atoms with Crippen molar-refractivity contribution in [3.05, 3.63) is 71.1 Å². The number of hydrogen-bond acceptors (Lipinski definition) is 2. The fraction of sp³-hybridized carbons (Fsp3) is 0.462. The Balaban J connectivity index is 1.48. The van der Waals surface area contributed by atoms with Crippen molar-refractivity contribution < 1.29 is 27.0 Å². The molecule has 0 amide bonds. The first-order chi connectivity index (χ1) is 15.5. The highest BCUT2D eigenvalue weighted by Gasteiger charge is 2.22. The van der Waals surface area contributed by atoms with Gasteiger partial charge in [-0.05, 0) is 80.5 Å². The first kappa shape index (κ1) is 24.1. The maximum Gasteiger partial charge on any atom is 0.204 e. The number of rotatable bonds is 10. The van der Waals surface area contributed by atoms with Crippen molar-refractivity contribution in [2.24, 2.45) is 5.92 Å². The minimum absolute atomic E-state index is 0.125. The van der Waals surface area contributed by atoms with Crippen LogP contribution in [0.25, 0.3) is 0 Å². The zero-order chi connectivity index (χ0) is 22.9. The monoisotopic (exact) mass is 450 g/mol. The van der Waals surface area contributed by atoms with Gasteiger partial charge in [0, 0.05) is 0 Å². The van der Waals surface area contributed by atoms with E-state index in [4.69, 9.17) is 9.47 Å². The Morgan fingerprint density at radius 3 is 2.16 bits per heavy atom. The lowest BCUT2D eigenvalue weighted by molar-refractivity contribution is 0.274. The molecule has 0 saturated heterocycles. The molecule has 2 aromatic carbocycles. The highest BCUT2D eigenvalue weighted by Crippen LogP contribution is 2.37. The van der Waals surface area contributed by atoms with Crippen LogP contribution in [-0.2, 0) is 6.61 Å². The van der Waals surface area contributed by atoms with E-state index in [0.717, 1.165) is 37.7 Å². The Bertz CT molecular complexity index is 887. The average Bonchev–Trinajstić information content (AvgIpc) is 2.82. The van der Waals surface area contributed by atoms with Crippen LogP contribution in [0.1, 0.15) is 62.5 Å². The third-order valence-electron chi connectivity index (χ3n) is 6.07. The molecule has 1 fully saturated rings. The summed E-state index contributed by atoms with van der Waals surface area (Å²) in [6, 6.07) is 10.8. The van der Waals surface area contributed by atoms with Gasteiger partial charge in [-0.15, -0.1) is 0 Å². The molecule has 174 valence electrons. The Morgan fingerprint density at radius 1 is 0.938 bits per heavy atom. The SMILES string of the molecule is CCOc1ccc(OCc2ccc(C3CCC(CC/C=C(\F)CF)CC3)cc2)c(F)c1F. The van der Waals surface area contributed by atoms with Crippen LogP contribution < -0.4 is 9.47 Å². The van der Waals surface area contributed by atoms with Crippen LogP contribution in [0, 0.1) is 17.6 Å². The minimum atomic E-state index is -1.05.